The van der Waals surface area contributed by atoms with E-state index in [0.717, 1.165) is 0 Å². The Hall–Kier alpha value is -3.55. The summed E-state index contributed by atoms with van der Waals surface area (Å²) in [5.74, 6) is -4.01. The molecule has 0 saturated carbocycles. The van der Waals surface area contributed by atoms with E-state index in [-0.39, 0.29) is 24.3 Å². The molecule has 2 N–H and O–H groups in total. The highest BCUT2D eigenvalue weighted by Crippen LogP contribution is 2.27. The minimum atomic E-state index is -1.54. The summed E-state index contributed by atoms with van der Waals surface area (Å²) in [5, 5.41) is 9.76. The monoisotopic (exact) mass is 382 g/mol. The first-order chi connectivity index (χ1) is 13.4. The second-order valence-corrected chi connectivity index (χ2v) is 6.46. The topological polar surface area (TPSA) is 107 Å². The summed E-state index contributed by atoms with van der Waals surface area (Å²) in [7, 11) is 0. The number of rotatable bonds is 3. The molecule has 8 nitrogen and oxygen atoms in total. The van der Waals surface area contributed by atoms with Crippen LogP contribution in [0.1, 0.15) is 28.9 Å². The standard InChI is InChI=1S/C20H19N3O5/c1-2-22-12-16(24)17(20(26)27)18(13-7-4-3-5-8-13)21-23(28)15-10-6-9-14(11-15)19(22)25/h3-11,17-18H,2,12H2,1H3,(H-,21,26,27,28)/p+1. The summed E-state index contributed by atoms with van der Waals surface area (Å²) in [5.41, 5.74) is 3.47. The van der Waals surface area contributed by atoms with Crippen LogP contribution in [0.2, 0.25) is 0 Å². The number of hydrogen-bond donors (Lipinski definition) is 2. The molecule has 8 heteroatoms. The van der Waals surface area contributed by atoms with Crippen molar-refractivity contribution in [2.24, 2.45) is 5.92 Å². The van der Waals surface area contributed by atoms with Crippen LogP contribution in [0.25, 0.3) is 0 Å². The summed E-state index contributed by atoms with van der Waals surface area (Å²) >= 11 is 0. The number of carboxylic acid groups (broad SMARTS) is 1. The van der Waals surface area contributed by atoms with Crippen molar-refractivity contribution in [3.8, 4) is 0 Å². The molecular weight excluding hydrogens is 362 g/mol. The maximum atomic E-state index is 12.9. The number of benzene rings is 2. The van der Waals surface area contributed by atoms with Crippen molar-refractivity contribution in [2.45, 2.75) is 13.0 Å². The number of likely N-dealkylation sites (N-methyl/N-ethyl adjacent to an activating group) is 1. The van der Waals surface area contributed by atoms with Crippen LogP contribution < -0.4 is 5.43 Å². The highest BCUT2D eigenvalue weighted by Gasteiger charge is 2.41. The third-order valence-electron chi connectivity index (χ3n) is 4.70. The van der Waals surface area contributed by atoms with E-state index >= 15 is 0 Å². The highest BCUT2D eigenvalue weighted by atomic mass is 16.4. The van der Waals surface area contributed by atoms with Gasteiger partial charge >= 0.3 is 5.97 Å². The van der Waals surface area contributed by atoms with Crippen molar-refractivity contribution >= 4 is 23.3 Å². The molecule has 28 heavy (non-hydrogen) atoms. The minimum absolute atomic E-state index is 0.140. The fourth-order valence-electron chi connectivity index (χ4n) is 3.23. The number of hydrogen-bond acceptors (Lipinski definition) is 4. The van der Waals surface area contributed by atoms with Gasteiger partial charge in [0.1, 0.15) is 12.0 Å². The quantitative estimate of drug-likeness (QED) is 0.622. The number of aliphatic carboxylic acids is 1. The average molecular weight is 382 g/mol. The van der Waals surface area contributed by atoms with Crippen LogP contribution in [0.4, 0.5) is 5.69 Å². The Morgan fingerprint density at radius 2 is 1.89 bits per heavy atom. The molecule has 1 aliphatic rings. The number of fused-ring (bicyclic) bond motifs is 2. The molecule has 2 aromatic carbocycles. The lowest BCUT2D eigenvalue weighted by molar-refractivity contribution is -0.537. The fraction of sp³-hybridized carbons (Fsp3) is 0.250. The maximum absolute atomic E-state index is 12.9. The zero-order chi connectivity index (χ0) is 20.3. The van der Waals surface area contributed by atoms with E-state index in [2.05, 4.69) is 5.43 Å². The number of ketones is 1. The van der Waals surface area contributed by atoms with Crippen LogP contribution in [-0.4, -0.2) is 45.6 Å². The maximum Gasteiger partial charge on any atom is 0.316 e. The lowest BCUT2D eigenvalue weighted by Crippen LogP contribution is -2.45. The van der Waals surface area contributed by atoms with Gasteiger partial charge in [-0.1, -0.05) is 36.4 Å². The Bertz CT molecular complexity index is 928. The van der Waals surface area contributed by atoms with Crippen LogP contribution >= 0.6 is 0 Å². The third kappa shape index (κ3) is 3.75. The van der Waals surface area contributed by atoms with Crippen molar-refractivity contribution in [2.75, 3.05) is 13.1 Å². The summed E-state index contributed by atoms with van der Waals surface area (Å²) < 4.78 is 0. The fourth-order valence-corrected chi connectivity index (χ4v) is 3.23. The second-order valence-electron chi connectivity index (χ2n) is 6.46. The molecule has 0 aliphatic carbocycles. The summed E-state index contributed by atoms with van der Waals surface area (Å²) in [4.78, 5) is 52.0. The molecule has 0 saturated heterocycles. The van der Waals surface area contributed by atoms with Crippen molar-refractivity contribution in [1.82, 2.24) is 10.3 Å². The van der Waals surface area contributed by atoms with Crippen molar-refractivity contribution < 1.29 is 24.4 Å². The molecule has 0 radical (unpaired) electrons. The summed E-state index contributed by atoms with van der Waals surface area (Å²) in [6, 6.07) is 13.4. The van der Waals surface area contributed by atoms with Gasteiger partial charge in [0.2, 0.25) is 0 Å². The Kier molecular flexibility index (Phi) is 5.49. The molecule has 1 heterocycles. The molecule has 1 amide bonds. The van der Waals surface area contributed by atoms with E-state index in [9.17, 15) is 24.4 Å². The number of carbonyl (C=O) groups excluding carboxylic acids is 2. The van der Waals surface area contributed by atoms with Crippen LogP contribution in [-0.2, 0) is 9.59 Å². The number of Topliss-reactive ketones (excluding diaryl/α,β-unsaturated/α-hetero) is 1. The molecular formula is C20H20N3O5+. The summed E-state index contributed by atoms with van der Waals surface area (Å²) in [6.07, 6.45) is 0. The zero-order valence-corrected chi connectivity index (χ0v) is 15.2. The van der Waals surface area contributed by atoms with Crippen molar-refractivity contribution in [3.05, 3.63) is 70.6 Å². The molecule has 1 aliphatic heterocycles. The number of nitroso groups, excluding NO2 is 1. The van der Waals surface area contributed by atoms with E-state index in [0.29, 0.717) is 10.4 Å². The number of carbonyl (C=O) groups is 3. The van der Waals surface area contributed by atoms with Gasteiger partial charge in [0.15, 0.2) is 10.7 Å². The van der Waals surface area contributed by atoms with Gasteiger partial charge in [0, 0.05) is 24.2 Å². The van der Waals surface area contributed by atoms with Crippen molar-refractivity contribution in [3.63, 3.8) is 0 Å². The largest absolute Gasteiger partial charge is 0.481 e. The Morgan fingerprint density at radius 1 is 1.18 bits per heavy atom. The molecule has 2 bridgehead atoms. The molecule has 0 aromatic heterocycles. The van der Waals surface area contributed by atoms with Crippen LogP contribution in [0, 0.1) is 10.8 Å². The van der Waals surface area contributed by atoms with Gasteiger partial charge < -0.3 is 10.0 Å². The molecule has 2 unspecified atom stereocenters. The van der Waals surface area contributed by atoms with E-state index < -0.39 is 29.6 Å². The average Bonchev–Trinajstić information content (AvgIpc) is 2.71. The minimum Gasteiger partial charge on any atom is -0.481 e. The van der Waals surface area contributed by atoms with E-state index in [1.165, 1.54) is 17.0 Å². The lowest BCUT2D eigenvalue weighted by Gasteiger charge is -2.24. The zero-order valence-electron chi connectivity index (χ0n) is 15.2. The Balaban J connectivity index is 2.14. The third-order valence-corrected chi connectivity index (χ3v) is 4.70. The van der Waals surface area contributed by atoms with Gasteiger partial charge in [0.05, 0.1) is 11.5 Å². The smallest absolute Gasteiger partial charge is 0.316 e. The number of amides is 1. The molecule has 144 valence electrons. The predicted octanol–water partition coefficient (Wildman–Crippen LogP) is 2.09. The van der Waals surface area contributed by atoms with Crippen LogP contribution in [0.3, 0.4) is 0 Å². The van der Waals surface area contributed by atoms with E-state index in [1.807, 2.05) is 0 Å². The number of nitrogens with one attached hydrogen (secondary N) is 1. The number of carboxylic acids is 1. The van der Waals surface area contributed by atoms with E-state index in [4.69, 9.17) is 0 Å². The van der Waals surface area contributed by atoms with Crippen LogP contribution in [0.5, 0.6) is 0 Å². The predicted molar refractivity (Wildman–Crippen MR) is 99.8 cm³/mol. The van der Waals surface area contributed by atoms with E-state index in [1.54, 1.807) is 49.4 Å². The number of hydrazine groups is 1. The van der Waals surface area contributed by atoms with Gasteiger partial charge in [-0.15, -0.1) is 5.43 Å². The molecule has 2 aromatic rings. The van der Waals surface area contributed by atoms with Gasteiger partial charge in [0.25, 0.3) is 11.6 Å². The normalized spacial score (nSPS) is 20.3. The summed E-state index contributed by atoms with van der Waals surface area (Å²) in [6.45, 7) is 1.57. The van der Waals surface area contributed by atoms with Gasteiger partial charge in [-0.25, -0.2) is 0 Å². The molecule has 0 spiro atoms. The highest BCUT2D eigenvalue weighted by molar-refractivity contribution is 6.03. The van der Waals surface area contributed by atoms with Gasteiger partial charge in [-0.05, 0) is 18.6 Å². The Morgan fingerprint density at radius 3 is 2.54 bits per heavy atom. The van der Waals surface area contributed by atoms with Crippen LogP contribution in [0.15, 0.2) is 54.6 Å². The van der Waals surface area contributed by atoms with Gasteiger partial charge in [-0.2, -0.15) is 0 Å². The number of nitrogens with zero attached hydrogens (tertiary/aromatic N) is 2. The molecule has 2 atom stereocenters. The Labute approximate surface area is 161 Å². The first-order valence-electron chi connectivity index (χ1n) is 8.85. The SMILES string of the molecule is CCN1CC(=O)C(C(=O)O)C(c2ccccc2)N[N+](=O)c2cccc(c2)C1=O. The first kappa shape index (κ1) is 19.2. The first-order valence-corrected chi connectivity index (χ1v) is 8.85. The molecule has 3 rings (SSSR count). The molecule has 0 fully saturated rings. The van der Waals surface area contributed by atoms with Gasteiger partial charge in [-0.3, -0.25) is 14.4 Å². The van der Waals surface area contributed by atoms with Crippen molar-refractivity contribution in [1.29, 1.82) is 0 Å². The second kappa shape index (κ2) is 7.99. The lowest BCUT2D eigenvalue weighted by atomic mass is 9.89.